The molecule has 134 valence electrons. The Kier molecular flexibility index (Phi) is 5.22. The minimum absolute atomic E-state index is 0.0440. The van der Waals surface area contributed by atoms with Crippen molar-refractivity contribution in [1.82, 2.24) is 0 Å². The second kappa shape index (κ2) is 7.74. The van der Waals surface area contributed by atoms with Gasteiger partial charge in [0, 0.05) is 12.5 Å². The van der Waals surface area contributed by atoms with Crippen molar-refractivity contribution in [1.29, 1.82) is 0 Å². The predicted molar refractivity (Wildman–Crippen MR) is 96.1 cm³/mol. The summed E-state index contributed by atoms with van der Waals surface area (Å²) in [4.78, 5) is 23.0. The van der Waals surface area contributed by atoms with Crippen molar-refractivity contribution < 1.29 is 23.8 Å². The number of carboxylic acids is 1. The molecular formula is C20H18O6. The molecule has 26 heavy (non-hydrogen) atoms. The minimum Gasteiger partial charge on any atom is -0.493 e. The first-order valence-corrected chi connectivity index (χ1v) is 8.17. The minimum atomic E-state index is -0.862. The summed E-state index contributed by atoms with van der Waals surface area (Å²) in [6.07, 6.45) is 1.72. The lowest BCUT2D eigenvalue weighted by molar-refractivity contribution is -0.137. The molecule has 0 fully saturated rings. The molecule has 0 aliphatic heterocycles. The standard InChI is InChI=1S/C20H18O6/c1-13-4-6-14(7-5-13)26-18-12-25-17-11-15(8-9-16(17)20(18)23)24-10-2-3-19(21)22/h4-9,11-12H,2-3,10H2,1H3,(H,21,22). The average Bonchev–Trinajstić information content (AvgIpc) is 2.63. The van der Waals surface area contributed by atoms with Crippen molar-refractivity contribution in [2.45, 2.75) is 19.8 Å². The second-order valence-corrected chi connectivity index (χ2v) is 5.85. The Morgan fingerprint density at radius 1 is 1.12 bits per heavy atom. The zero-order chi connectivity index (χ0) is 18.5. The Bertz CT molecular complexity index is 972. The smallest absolute Gasteiger partial charge is 0.303 e. The highest BCUT2D eigenvalue weighted by molar-refractivity contribution is 5.79. The molecule has 1 heterocycles. The van der Waals surface area contributed by atoms with Crippen LogP contribution in [0.3, 0.4) is 0 Å². The number of carbonyl (C=O) groups is 1. The fourth-order valence-corrected chi connectivity index (χ4v) is 2.40. The number of benzene rings is 2. The highest BCUT2D eigenvalue weighted by atomic mass is 16.5. The Hall–Kier alpha value is -3.28. The van der Waals surface area contributed by atoms with Crippen molar-refractivity contribution in [3.8, 4) is 17.2 Å². The van der Waals surface area contributed by atoms with E-state index in [-0.39, 0.29) is 24.2 Å². The van der Waals surface area contributed by atoms with Gasteiger partial charge in [-0.25, -0.2) is 0 Å². The lowest BCUT2D eigenvalue weighted by Gasteiger charge is -2.08. The van der Waals surface area contributed by atoms with Crippen molar-refractivity contribution >= 4 is 16.9 Å². The Balaban J connectivity index is 1.76. The number of aliphatic carboxylic acids is 1. The molecule has 6 heteroatoms. The molecule has 0 aliphatic rings. The molecule has 6 nitrogen and oxygen atoms in total. The SMILES string of the molecule is Cc1ccc(Oc2coc3cc(OCCCC(=O)O)ccc3c2=O)cc1. The summed E-state index contributed by atoms with van der Waals surface area (Å²) in [5.74, 6) is 0.314. The predicted octanol–water partition coefficient (Wildman–Crippen LogP) is 4.14. The summed E-state index contributed by atoms with van der Waals surface area (Å²) in [6.45, 7) is 2.24. The summed E-state index contributed by atoms with van der Waals surface area (Å²) in [5, 5.41) is 8.99. The number of aryl methyl sites for hydroxylation is 1. The molecule has 0 saturated heterocycles. The first-order valence-electron chi connectivity index (χ1n) is 8.17. The van der Waals surface area contributed by atoms with Gasteiger partial charge in [-0.2, -0.15) is 0 Å². The summed E-state index contributed by atoms with van der Waals surface area (Å²) < 4.78 is 16.6. The maximum absolute atomic E-state index is 12.6. The lowest BCUT2D eigenvalue weighted by atomic mass is 10.2. The molecule has 0 atom stereocenters. The molecule has 0 amide bonds. The quantitative estimate of drug-likeness (QED) is 0.642. The van der Waals surface area contributed by atoms with E-state index in [1.165, 1.54) is 6.26 Å². The molecule has 0 radical (unpaired) electrons. The van der Waals surface area contributed by atoms with Gasteiger partial charge in [0.05, 0.1) is 12.0 Å². The summed E-state index contributed by atoms with van der Waals surface area (Å²) in [5.41, 5.74) is 1.20. The highest BCUT2D eigenvalue weighted by Gasteiger charge is 2.10. The van der Waals surface area contributed by atoms with Crippen LogP contribution in [-0.4, -0.2) is 17.7 Å². The van der Waals surface area contributed by atoms with Crippen molar-refractivity contribution in [3.05, 3.63) is 64.5 Å². The first-order chi connectivity index (χ1) is 12.5. The molecule has 1 N–H and O–H groups in total. The largest absolute Gasteiger partial charge is 0.493 e. The number of hydrogen-bond acceptors (Lipinski definition) is 5. The van der Waals surface area contributed by atoms with Crippen molar-refractivity contribution in [2.75, 3.05) is 6.61 Å². The van der Waals surface area contributed by atoms with Crippen molar-refractivity contribution in [2.24, 2.45) is 0 Å². The van der Waals surface area contributed by atoms with Gasteiger partial charge in [-0.1, -0.05) is 17.7 Å². The Morgan fingerprint density at radius 3 is 2.58 bits per heavy atom. The van der Waals surface area contributed by atoms with Crippen LogP contribution < -0.4 is 14.9 Å². The van der Waals surface area contributed by atoms with Gasteiger partial charge in [-0.3, -0.25) is 9.59 Å². The van der Waals surface area contributed by atoms with E-state index in [4.69, 9.17) is 19.0 Å². The van der Waals surface area contributed by atoms with Crippen LogP contribution in [0.25, 0.3) is 11.0 Å². The van der Waals surface area contributed by atoms with Gasteiger partial charge in [0.25, 0.3) is 0 Å². The van der Waals surface area contributed by atoms with Gasteiger partial charge in [0.1, 0.15) is 23.3 Å². The second-order valence-electron chi connectivity index (χ2n) is 5.85. The molecule has 1 aromatic heterocycles. The topological polar surface area (TPSA) is 86.0 Å². The average molecular weight is 354 g/mol. The van der Waals surface area contributed by atoms with E-state index in [0.29, 0.717) is 28.9 Å². The van der Waals surface area contributed by atoms with Gasteiger partial charge in [-0.15, -0.1) is 0 Å². The molecule has 0 spiro atoms. The number of carboxylic acid groups (broad SMARTS) is 1. The zero-order valence-electron chi connectivity index (χ0n) is 14.2. The monoisotopic (exact) mass is 354 g/mol. The van der Waals surface area contributed by atoms with Gasteiger partial charge in [-0.05, 0) is 37.6 Å². The van der Waals surface area contributed by atoms with E-state index in [9.17, 15) is 9.59 Å². The van der Waals surface area contributed by atoms with Crippen LogP contribution >= 0.6 is 0 Å². The fraction of sp³-hybridized carbons (Fsp3) is 0.200. The number of rotatable bonds is 7. The maximum Gasteiger partial charge on any atom is 0.303 e. The molecule has 3 aromatic rings. The van der Waals surface area contributed by atoms with E-state index < -0.39 is 5.97 Å². The van der Waals surface area contributed by atoms with E-state index in [0.717, 1.165) is 5.56 Å². The molecule has 0 bridgehead atoms. The molecule has 0 saturated carbocycles. The normalized spacial score (nSPS) is 10.7. The molecular weight excluding hydrogens is 336 g/mol. The van der Waals surface area contributed by atoms with Crippen LogP contribution in [-0.2, 0) is 4.79 Å². The summed E-state index contributed by atoms with van der Waals surface area (Å²) in [6, 6.07) is 12.2. The zero-order valence-corrected chi connectivity index (χ0v) is 14.2. The summed E-state index contributed by atoms with van der Waals surface area (Å²) >= 11 is 0. The van der Waals surface area contributed by atoms with Gasteiger partial charge in [0.2, 0.25) is 11.2 Å². The van der Waals surface area contributed by atoms with Gasteiger partial charge < -0.3 is 19.0 Å². The Labute approximate surface area is 149 Å². The lowest BCUT2D eigenvalue weighted by Crippen LogP contribution is -2.05. The van der Waals surface area contributed by atoms with Crippen LogP contribution in [0.1, 0.15) is 18.4 Å². The summed E-state index contributed by atoms with van der Waals surface area (Å²) in [7, 11) is 0. The highest BCUT2D eigenvalue weighted by Crippen LogP contribution is 2.24. The number of ether oxygens (including phenoxy) is 2. The maximum atomic E-state index is 12.6. The molecule has 2 aromatic carbocycles. The molecule has 0 unspecified atom stereocenters. The van der Waals surface area contributed by atoms with Crippen LogP contribution in [0, 0.1) is 6.92 Å². The van der Waals surface area contributed by atoms with E-state index in [1.54, 1.807) is 30.3 Å². The van der Waals surface area contributed by atoms with Crippen LogP contribution in [0.5, 0.6) is 17.2 Å². The number of fused-ring (bicyclic) bond motifs is 1. The third-order valence-electron chi connectivity index (χ3n) is 3.77. The van der Waals surface area contributed by atoms with Crippen molar-refractivity contribution in [3.63, 3.8) is 0 Å². The van der Waals surface area contributed by atoms with Gasteiger partial charge >= 0.3 is 5.97 Å². The third kappa shape index (κ3) is 4.22. The van der Waals surface area contributed by atoms with E-state index in [1.807, 2.05) is 19.1 Å². The van der Waals surface area contributed by atoms with Crippen LogP contribution in [0.15, 0.2) is 57.9 Å². The number of hydrogen-bond donors (Lipinski definition) is 1. The van der Waals surface area contributed by atoms with E-state index in [2.05, 4.69) is 0 Å². The molecule has 0 aliphatic carbocycles. The van der Waals surface area contributed by atoms with Gasteiger partial charge in [0.15, 0.2) is 0 Å². The molecule has 3 rings (SSSR count). The fourth-order valence-electron chi connectivity index (χ4n) is 2.40. The van der Waals surface area contributed by atoms with Crippen LogP contribution in [0.4, 0.5) is 0 Å². The van der Waals surface area contributed by atoms with E-state index >= 15 is 0 Å². The van der Waals surface area contributed by atoms with Crippen LogP contribution in [0.2, 0.25) is 0 Å². The third-order valence-corrected chi connectivity index (χ3v) is 3.77. The first kappa shape index (κ1) is 17.5. The Morgan fingerprint density at radius 2 is 1.85 bits per heavy atom.